The molecule has 0 saturated carbocycles. The lowest BCUT2D eigenvalue weighted by Crippen LogP contribution is -2.18. The van der Waals surface area contributed by atoms with Crippen molar-refractivity contribution < 1.29 is 0 Å². The highest BCUT2D eigenvalue weighted by atomic mass is 35.5. The number of unbranched alkanes of at least 4 members (excludes halogenated alkanes) is 1. The van der Waals surface area contributed by atoms with E-state index in [1.165, 1.54) is 18.4 Å². The highest BCUT2D eigenvalue weighted by Crippen LogP contribution is 2.18. The Morgan fingerprint density at radius 2 is 1.46 bits per heavy atom. The molecule has 2 aromatic carbocycles. The minimum absolute atomic E-state index is 0.363. The minimum atomic E-state index is 0.363. The van der Waals surface area contributed by atoms with E-state index in [2.05, 4.69) is 57.3 Å². The van der Waals surface area contributed by atoms with E-state index >= 15 is 0 Å². The van der Waals surface area contributed by atoms with Crippen molar-refractivity contribution in [3.05, 3.63) is 71.4 Å². The zero-order valence-corrected chi connectivity index (χ0v) is 17.1. The summed E-state index contributed by atoms with van der Waals surface area (Å²) in [6.45, 7) is 2.20. The monoisotopic (exact) mass is 411 g/mol. The summed E-state index contributed by atoms with van der Waals surface area (Å²) in [6, 6.07) is 19.6. The van der Waals surface area contributed by atoms with E-state index in [1.54, 1.807) is 12.1 Å². The molecule has 0 aliphatic heterocycles. The number of hydrogen-bond donors (Lipinski definition) is 3. The molecule has 0 radical (unpaired) electrons. The first-order valence-corrected chi connectivity index (χ1v) is 9.94. The van der Waals surface area contributed by atoms with E-state index in [1.807, 2.05) is 24.3 Å². The summed E-state index contributed by atoms with van der Waals surface area (Å²) in [6.07, 6.45) is 3.53. The molecule has 0 fully saturated rings. The largest absolute Gasteiger partial charge is 0.339 e. The van der Waals surface area contributed by atoms with Gasteiger partial charge in [-0.2, -0.15) is 0 Å². The number of aromatic nitrogens is 2. The normalized spacial score (nSPS) is 10.4. The van der Waals surface area contributed by atoms with Gasteiger partial charge in [-0.3, -0.25) is 0 Å². The number of nitrogens with zero attached hydrogens (tertiary/aromatic N) is 2. The number of halogens is 1. The quantitative estimate of drug-likeness (QED) is 0.413. The second-order valence-corrected chi connectivity index (χ2v) is 7.12. The van der Waals surface area contributed by atoms with Gasteiger partial charge in [-0.1, -0.05) is 37.1 Å². The third kappa shape index (κ3) is 6.18. The van der Waals surface area contributed by atoms with Gasteiger partial charge < -0.3 is 16.0 Å². The average molecular weight is 412 g/mol. The number of rotatable bonds is 7. The zero-order chi connectivity index (χ0) is 19.8. The van der Waals surface area contributed by atoms with Crippen molar-refractivity contribution in [2.75, 3.05) is 16.0 Å². The van der Waals surface area contributed by atoms with E-state index in [-0.39, 0.29) is 0 Å². The van der Waals surface area contributed by atoms with Crippen LogP contribution in [0.4, 0.5) is 22.9 Å². The van der Waals surface area contributed by atoms with Crippen molar-refractivity contribution in [3.63, 3.8) is 0 Å². The van der Waals surface area contributed by atoms with E-state index in [4.69, 9.17) is 23.8 Å². The second kappa shape index (κ2) is 10.0. The molecule has 0 saturated heterocycles. The predicted octanol–water partition coefficient (Wildman–Crippen LogP) is 6.03. The van der Waals surface area contributed by atoms with Gasteiger partial charge in [-0.15, -0.1) is 10.2 Å². The summed E-state index contributed by atoms with van der Waals surface area (Å²) >= 11 is 11.1. The Kier molecular flexibility index (Phi) is 7.17. The maximum absolute atomic E-state index is 5.74. The first kappa shape index (κ1) is 20.0. The molecule has 0 atom stereocenters. The Hall–Kier alpha value is -2.70. The standard InChI is InChI=1S/C21H22ClN5S/c1-2-3-4-15-5-7-17(8-6-15)24-21(28)25-18-11-9-16(10-12-18)23-20-14-13-19(22)26-27-20/h5-14H,2-4H2,1H3,(H,23,27)(H2,24,25,28). The van der Waals surface area contributed by atoms with Gasteiger partial charge in [0.05, 0.1) is 0 Å². The molecule has 1 heterocycles. The van der Waals surface area contributed by atoms with Crippen molar-refractivity contribution in [2.45, 2.75) is 26.2 Å². The van der Waals surface area contributed by atoms with Gasteiger partial charge in [-0.05, 0) is 79.2 Å². The molecule has 28 heavy (non-hydrogen) atoms. The van der Waals surface area contributed by atoms with Gasteiger partial charge in [0.1, 0.15) is 0 Å². The van der Waals surface area contributed by atoms with Gasteiger partial charge in [0.2, 0.25) is 0 Å². The molecular formula is C21H22ClN5S. The van der Waals surface area contributed by atoms with Crippen molar-refractivity contribution in [2.24, 2.45) is 0 Å². The number of nitrogens with one attached hydrogen (secondary N) is 3. The highest BCUT2D eigenvalue weighted by Gasteiger charge is 2.02. The molecule has 0 unspecified atom stereocenters. The fourth-order valence-corrected chi connectivity index (χ4v) is 2.93. The van der Waals surface area contributed by atoms with Crippen molar-refractivity contribution in [3.8, 4) is 0 Å². The first-order valence-electron chi connectivity index (χ1n) is 9.15. The number of hydrogen-bond acceptors (Lipinski definition) is 4. The molecule has 1 aromatic heterocycles. The van der Waals surface area contributed by atoms with Gasteiger partial charge in [0.25, 0.3) is 0 Å². The molecule has 0 bridgehead atoms. The molecule has 7 heteroatoms. The summed E-state index contributed by atoms with van der Waals surface area (Å²) in [5, 5.41) is 18.2. The van der Waals surface area contributed by atoms with Crippen LogP contribution in [0.1, 0.15) is 25.3 Å². The van der Waals surface area contributed by atoms with Crippen LogP contribution in [0, 0.1) is 0 Å². The maximum atomic E-state index is 5.74. The van der Waals surface area contributed by atoms with Gasteiger partial charge in [0.15, 0.2) is 16.1 Å². The lowest BCUT2D eigenvalue weighted by molar-refractivity contribution is 0.795. The molecule has 0 spiro atoms. The first-order chi connectivity index (χ1) is 13.6. The van der Waals surface area contributed by atoms with Crippen molar-refractivity contribution in [1.29, 1.82) is 0 Å². The summed E-state index contributed by atoms with van der Waals surface area (Å²) in [4.78, 5) is 0. The van der Waals surface area contributed by atoms with E-state index in [9.17, 15) is 0 Å². The number of thiocarbonyl (C=S) groups is 1. The van der Waals surface area contributed by atoms with Crippen LogP contribution in [-0.2, 0) is 6.42 Å². The zero-order valence-electron chi connectivity index (χ0n) is 15.6. The Labute approximate surface area is 175 Å². The summed E-state index contributed by atoms with van der Waals surface area (Å²) in [7, 11) is 0. The Morgan fingerprint density at radius 3 is 2.04 bits per heavy atom. The minimum Gasteiger partial charge on any atom is -0.339 e. The number of aryl methyl sites for hydroxylation is 1. The van der Waals surface area contributed by atoms with E-state index in [0.29, 0.717) is 16.1 Å². The van der Waals surface area contributed by atoms with Crippen LogP contribution in [0.15, 0.2) is 60.7 Å². The molecular weight excluding hydrogens is 390 g/mol. The van der Waals surface area contributed by atoms with Crippen molar-refractivity contribution in [1.82, 2.24) is 10.2 Å². The van der Waals surface area contributed by atoms with Gasteiger partial charge in [0, 0.05) is 17.1 Å². The second-order valence-electron chi connectivity index (χ2n) is 6.32. The smallest absolute Gasteiger partial charge is 0.175 e. The van der Waals surface area contributed by atoms with Crippen LogP contribution in [0.25, 0.3) is 0 Å². The van der Waals surface area contributed by atoms with E-state index < -0.39 is 0 Å². The van der Waals surface area contributed by atoms with Crippen LogP contribution in [0.3, 0.4) is 0 Å². The fraction of sp³-hybridized carbons (Fsp3) is 0.190. The molecule has 0 aliphatic carbocycles. The molecule has 3 N–H and O–H groups in total. The summed E-state index contributed by atoms with van der Waals surface area (Å²) < 4.78 is 0. The van der Waals surface area contributed by atoms with Crippen LogP contribution in [-0.4, -0.2) is 15.3 Å². The molecule has 0 amide bonds. The highest BCUT2D eigenvalue weighted by molar-refractivity contribution is 7.80. The molecule has 3 aromatic rings. The molecule has 5 nitrogen and oxygen atoms in total. The topological polar surface area (TPSA) is 61.9 Å². The number of anilines is 4. The Balaban J connectivity index is 1.51. The van der Waals surface area contributed by atoms with Crippen LogP contribution >= 0.6 is 23.8 Å². The van der Waals surface area contributed by atoms with Crippen molar-refractivity contribution >= 4 is 51.8 Å². The Morgan fingerprint density at radius 1 is 0.857 bits per heavy atom. The summed E-state index contributed by atoms with van der Waals surface area (Å²) in [5.41, 5.74) is 4.10. The third-order valence-corrected chi connectivity index (χ3v) is 4.48. The molecule has 0 aliphatic rings. The van der Waals surface area contributed by atoms with Crippen LogP contribution < -0.4 is 16.0 Å². The van der Waals surface area contributed by atoms with E-state index in [0.717, 1.165) is 23.5 Å². The maximum Gasteiger partial charge on any atom is 0.175 e. The summed E-state index contributed by atoms with van der Waals surface area (Å²) in [5.74, 6) is 0.629. The average Bonchev–Trinajstić information content (AvgIpc) is 2.70. The SMILES string of the molecule is CCCCc1ccc(NC(=S)Nc2ccc(Nc3ccc(Cl)nn3)cc2)cc1. The van der Waals surface area contributed by atoms with Gasteiger partial charge in [-0.25, -0.2) is 0 Å². The predicted molar refractivity (Wildman–Crippen MR) is 122 cm³/mol. The molecule has 144 valence electrons. The number of benzene rings is 2. The Bertz CT molecular complexity index is 896. The fourth-order valence-electron chi connectivity index (χ4n) is 2.60. The van der Waals surface area contributed by atoms with Crippen LogP contribution in [0.5, 0.6) is 0 Å². The third-order valence-electron chi connectivity index (χ3n) is 4.08. The lowest BCUT2D eigenvalue weighted by Gasteiger charge is -2.12. The molecule has 3 rings (SSSR count). The van der Waals surface area contributed by atoms with Crippen LogP contribution in [0.2, 0.25) is 5.15 Å². The van der Waals surface area contributed by atoms with Gasteiger partial charge >= 0.3 is 0 Å². The lowest BCUT2D eigenvalue weighted by atomic mass is 10.1.